The van der Waals surface area contributed by atoms with Gasteiger partial charge in [-0.25, -0.2) is 25.3 Å². The van der Waals surface area contributed by atoms with Crippen molar-refractivity contribution in [2.24, 2.45) is 5.10 Å². The van der Waals surface area contributed by atoms with Crippen molar-refractivity contribution >= 4 is 11.6 Å². The molecule has 27 heavy (non-hydrogen) atoms. The minimum Gasteiger partial charge on any atom is -0.412 e. The number of aromatic amines is 5. The van der Waals surface area contributed by atoms with E-state index >= 15 is 0 Å². The van der Waals surface area contributed by atoms with E-state index in [0.717, 1.165) is 0 Å². The maximum absolute atomic E-state index is 11.4. The Morgan fingerprint density at radius 3 is 2.44 bits per heavy atom. The molecule has 0 unspecified atom stereocenters. The second-order valence-corrected chi connectivity index (χ2v) is 4.31. The zero-order chi connectivity index (χ0) is 18.8. The van der Waals surface area contributed by atoms with Gasteiger partial charge in [-0.1, -0.05) is 0 Å². The van der Waals surface area contributed by atoms with E-state index in [4.69, 9.17) is 0 Å². The molecule has 0 radical (unpaired) electrons. The van der Waals surface area contributed by atoms with Crippen molar-refractivity contribution in [1.82, 2.24) is 35.6 Å². The number of aromatic nitrogens is 8. The van der Waals surface area contributed by atoms with E-state index in [1.165, 1.54) is 0 Å². The zero-order valence-electron chi connectivity index (χ0n) is 12.5. The largest absolute Gasteiger partial charge is 0.412 e. The Bertz CT molecular complexity index is 1070. The van der Waals surface area contributed by atoms with Gasteiger partial charge in [0, 0.05) is 0 Å². The first kappa shape index (κ1) is 18.6. The van der Waals surface area contributed by atoms with Crippen LogP contribution in [0, 0.1) is 30.3 Å². The Balaban J connectivity index is 0.00000261. The van der Waals surface area contributed by atoms with Crippen LogP contribution in [0.4, 0.5) is 11.6 Å². The minimum atomic E-state index is -1.01. The van der Waals surface area contributed by atoms with E-state index in [1.54, 1.807) is 0 Å². The van der Waals surface area contributed by atoms with E-state index in [-0.39, 0.29) is 34.5 Å². The Morgan fingerprint density at radius 2 is 1.81 bits per heavy atom. The molecule has 0 fully saturated rings. The third kappa shape index (κ3) is 3.68. The van der Waals surface area contributed by atoms with Crippen molar-refractivity contribution in [2.75, 3.05) is 0 Å². The zero-order valence-corrected chi connectivity index (χ0v) is 12.5. The smallest absolute Gasteiger partial charge is 0.329 e. The summed E-state index contributed by atoms with van der Waals surface area (Å²) in [6, 6.07) is 0. The molecule has 3 aromatic rings. The van der Waals surface area contributed by atoms with E-state index in [0.29, 0.717) is 0 Å². The molecule has 0 aliphatic rings. The lowest BCUT2D eigenvalue weighted by Gasteiger charge is -1.92. The molecule has 7 N–H and O–H groups in total. The van der Waals surface area contributed by atoms with E-state index in [2.05, 4.69) is 51.1 Å². The number of nitro groups is 3. The number of H-pyrrole nitrogens is 5. The summed E-state index contributed by atoms with van der Waals surface area (Å²) in [5, 5.41) is 49.4. The number of nitrogens with zero attached hydrogens (tertiary/aromatic N) is 8. The van der Waals surface area contributed by atoms with Gasteiger partial charge in [-0.2, -0.15) is 15.2 Å². The van der Waals surface area contributed by atoms with Gasteiger partial charge in [0.1, 0.15) is 10.5 Å². The normalized spacial score (nSPS) is 11.0. The highest BCUT2D eigenvalue weighted by Gasteiger charge is 2.30. The van der Waals surface area contributed by atoms with Gasteiger partial charge in [-0.05, 0) is 0 Å². The van der Waals surface area contributed by atoms with Gasteiger partial charge >= 0.3 is 11.3 Å². The van der Waals surface area contributed by atoms with E-state index in [1.807, 2.05) is 0 Å². The Morgan fingerprint density at radius 1 is 1.07 bits per heavy atom. The summed E-state index contributed by atoms with van der Waals surface area (Å²) >= 11 is 0. The number of hydrogen-bond acceptors (Lipinski definition) is 9. The van der Waals surface area contributed by atoms with Gasteiger partial charge in [-0.15, -0.1) is 0 Å². The average Bonchev–Trinajstić information content (AvgIpc) is 3.23. The second-order valence-electron chi connectivity index (χ2n) is 4.31. The molecule has 3 aromatic heterocycles. The van der Waals surface area contributed by atoms with Crippen LogP contribution < -0.4 is 10.6 Å². The quantitative estimate of drug-likeness (QED) is 0.261. The Hall–Kier alpha value is -4.75. The van der Waals surface area contributed by atoms with Crippen molar-refractivity contribution in [3.63, 3.8) is 0 Å². The van der Waals surface area contributed by atoms with Crippen molar-refractivity contribution < 1.29 is 25.4 Å². The molecule has 0 aromatic carbocycles. The SMILES string of the molecule is O.O=[N+]([O-])/N=c1/nc(-c2n[nH]c(-c3n[nH]c([N-][N+](=O)[O-])[nH+]3)c2[N+](=O)[O-])[nH][nH]1. The molecule has 0 amide bonds. The van der Waals surface area contributed by atoms with Gasteiger partial charge in [0.25, 0.3) is 5.95 Å². The first-order valence-electron chi connectivity index (χ1n) is 6.26. The lowest BCUT2D eigenvalue weighted by atomic mass is 10.2. The number of rotatable bonds is 6. The summed E-state index contributed by atoms with van der Waals surface area (Å²) in [6.45, 7) is 0. The molecular weight excluding hydrogens is 378 g/mol. The van der Waals surface area contributed by atoms with Crippen LogP contribution in [0.5, 0.6) is 0 Å². The van der Waals surface area contributed by atoms with Gasteiger partial charge in [0.2, 0.25) is 5.69 Å². The topological polar surface area (TPSA) is 303 Å². The summed E-state index contributed by atoms with van der Waals surface area (Å²) < 4.78 is 0. The Labute approximate surface area is 143 Å². The lowest BCUT2D eigenvalue weighted by Crippen LogP contribution is -2.09. The van der Waals surface area contributed by atoms with Crippen LogP contribution in [0.2, 0.25) is 0 Å². The maximum atomic E-state index is 11.4. The second kappa shape index (κ2) is 7.01. The highest BCUT2D eigenvalue weighted by atomic mass is 16.7. The number of hydrogen-bond donors (Lipinski definition) is 4. The predicted molar refractivity (Wildman–Crippen MR) is 77.5 cm³/mol. The molecule has 20 heteroatoms. The van der Waals surface area contributed by atoms with E-state index < -0.39 is 26.3 Å². The van der Waals surface area contributed by atoms with Gasteiger partial charge < -0.3 is 10.5 Å². The van der Waals surface area contributed by atoms with Crippen LogP contribution >= 0.6 is 0 Å². The summed E-state index contributed by atoms with van der Waals surface area (Å²) in [4.78, 5) is 37.3. The highest BCUT2D eigenvalue weighted by Crippen LogP contribution is 2.32. The lowest BCUT2D eigenvalue weighted by molar-refractivity contribution is -0.491. The first-order chi connectivity index (χ1) is 12.3. The monoisotopic (exact) mass is 385 g/mol. The number of nitrogens with one attached hydrogen (secondary N) is 5. The van der Waals surface area contributed by atoms with Gasteiger partial charge in [-0.3, -0.25) is 25.4 Å². The third-order valence-corrected chi connectivity index (χ3v) is 2.76. The predicted octanol–water partition coefficient (Wildman–Crippen LogP) is -2.30. The third-order valence-electron chi connectivity index (χ3n) is 2.76. The molecule has 0 atom stereocenters. The molecule has 0 bridgehead atoms. The molecule has 0 aliphatic carbocycles. The van der Waals surface area contributed by atoms with Crippen molar-refractivity contribution in [1.29, 1.82) is 0 Å². The molecule has 3 heterocycles. The van der Waals surface area contributed by atoms with Crippen molar-refractivity contribution in [2.45, 2.75) is 0 Å². The summed E-state index contributed by atoms with van der Waals surface area (Å²) in [7, 11) is 0. The standard InChI is InChI=1S/C7H4N13O6.H2O/c21-18(22)3-1(4-8-6(14-12-4)16-19(23)24)10-11-2(3)5-9-7(15-13-5)17-20(25)26;/h(H4-,8,9,10,11,12,13,14,15,16,17);1H2/q-1;/p+1. The average molecular weight is 385 g/mol. The Kier molecular flexibility index (Phi) is 4.83. The molecule has 0 saturated carbocycles. The maximum Gasteiger partial charge on any atom is 0.329 e. The van der Waals surface area contributed by atoms with Crippen LogP contribution in [-0.4, -0.2) is 56.0 Å². The van der Waals surface area contributed by atoms with Crippen LogP contribution in [0.3, 0.4) is 0 Å². The van der Waals surface area contributed by atoms with Crippen molar-refractivity contribution in [3.05, 3.63) is 41.4 Å². The van der Waals surface area contributed by atoms with Crippen LogP contribution in [0.15, 0.2) is 5.10 Å². The van der Waals surface area contributed by atoms with E-state index in [9.17, 15) is 30.3 Å². The van der Waals surface area contributed by atoms with Crippen LogP contribution in [0.1, 0.15) is 0 Å². The fraction of sp³-hybridized carbons (Fsp3) is 0. The molecule has 20 nitrogen and oxygen atoms in total. The highest BCUT2D eigenvalue weighted by molar-refractivity contribution is 5.75. The summed E-state index contributed by atoms with van der Waals surface area (Å²) in [6.07, 6.45) is 0. The summed E-state index contributed by atoms with van der Waals surface area (Å²) in [5.41, 5.74) is 1.33. The first-order valence-corrected chi connectivity index (χ1v) is 6.26. The van der Waals surface area contributed by atoms with Crippen LogP contribution in [-0.2, 0) is 0 Å². The minimum absolute atomic E-state index is 0. The molecule has 0 aliphatic heterocycles. The summed E-state index contributed by atoms with van der Waals surface area (Å²) in [5.74, 6) is -0.777. The van der Waals surface area contributed by atoms with Crippen molar-refractivity contribution in [3.8, 4) is 23.0 Å². The fourth-order valence-electron chi connectivity index (χ4n) is 1.88. The van der Waals surface area contributed by atoms with Gasteiger partial charge in [0.05, 0.1) is 4.92 Å². The van der Waals surface area contributed by atoms with Crippen LogP contribution in [0.25, 0.3) is 28.5 Å². The molecule has 3 rings (SSSR count). The van der Waals surface area contributed by atoms with Gasteiger partial charge in [0.15, 0.2) is 27.4 Å². The fourth-order valence-corrected chi connectivity index (χ4v) is 1.88. The molecule has 0 spiro atoms. The molecule has 0 saturated heterocycles. The molecular formula is C7H7N13O7. The molecule has 142 valence electrons.